The summed E-state index contributed by atoms with van der Waals surface area (Å²) >= 11 is 1.72. The first-order valence-electron chi connectivity index (χ1n) is 5.22. The summed E-state index contributed by atoms with van der Waals surface area (Å²) in [6.07, 6.45) is 2.68. The highest BCUT2D eigenvalue weighted by molar-refractivity contribution is 7.09. The Hall–Kier alpha value is -1.55. The third kappa shape index (κ3) is 2.52. The predicted molar refractivity (Wildman–Crippen MR) is 65.9 cm³/mol. The lowest BCUT2D eigenvalue weighted by Crippen LogP contribution is -2.25. The van der Waals surface area contributed by atoms with Gasteiger partial charge in [0.1, 0.15) is 0 Å². The van der Waals surface area contributed by atoms with Crippen LogP contribution in [0.5, 0.6) is 0 Å². The van der Waals surface area contributed by atoms with Gasteiger partial charge in [-0.05, 0) is 30.9 Å². The maximum atomic E-state index is 11.7. The van der Waals surface area contributed by atoms with Crippen molar-refractivity contribution in [1.29, 1.82) is 0 Å². The van der Waals surface area contributed by atoms with Crippen LogP contribution in [0, 0.1) is 6.92 Å². The zero-order valence-electron chi connectivity index (χ0n) is 9.12. The van der Waals surface area contributed by atoms with Crippen molar-refractivity contribution in [3.05, 3.63) is 45.9 Å². The van der Waals surface area contributed by atoms with Gasteiger partial charge in [-0.15, -0.1) is 11.3 Å². The van der Waals surface area contributed by atoms with Crippen LogP contribution in [0.2, 0.25) is 0 Å². The van der Waals surface area contributed by atoms with Gasteiger partial charge in [-0.3, -0.25) is 4.79 Å². The van der Waals surface area contributed by atoms with Crippen molar-refractivity contribution in [2.24, 2.45) is 0 Å². The molecule has 2 aromatic heterocycles. The average Bonchev–Trinajstić information content (AvgIpc) is 2.88. The lowest BCUT2D eigenvalue weighted by molar-refractivity contribution is 0.0954. The number of nitrogens with one attached hydrogen (secondary N) is 2. The fourth-order valence-electron chi connectivity index (χ4n) is 1.55. The van der Waals surface area contributed by atoms with Gasteiger partial charge in [0.15, 0.2) is 0 Å². The lowest BCUT2D eigenvalue weighted by atomic mass is 10.2. The van der Waals surface area contributed by atoms with Crippen molar-refractivity contribution in [2.75, 3.05) is 6.54 Å². The van der Waals surface area contributed by atoms with Crippen LogP contribution in [-0.2, 0) is 6.42 Å². The Morgan fingerprint density at radius 2 is 2.38 bits per heavy atom. The van der Waals surface area contributed by atoms with Crippen molar-refractivity contribution in [3.8, 4) is 0 Å². The second-order valence-corrected chi connectivity index (χ2v) is 4.63. The van der Waals surface area contributed by atoms with Crippen molar-refractivity contribution in [2.45, 2.75) is 13.3 Å². The van der Waals surface area contributed by atoms with E-state index in [1.165, 1.54) is 4.88 Å². The van der Waals surface area contributed by atoms with Gasteiger partial charge in [0, 0.05) is 23.3 Å². The van der Waals surface area contributed by atoms with Crippen molar-refractivity contribution in [1.82, 2.24) is 10.3 Å². The molecule has 2 N–H and O–H groups in total. The lowest BCUT2D eigenvalue weighted by Gasteiger charge is -2.03. The zero-order valence-corrected chi connectivity index (χ0v) is 9.93. The van der Waals surface area contributed by atoms with Crippen molar-refractivity contribution >= 4 is 17.2 Å². The van der Waals surface area contributed by atoms with E-state index in [0.717, 1.165) is 17.7 Å². The van der Waals surface area contributed by atoms with E-state index in [1.807, 2.05) is 18.4 Å². The number of amides is 1. The number of carbonyl (C=O) groups excluding carboxylic acids is 1. The minimum absolute atomic E-state index is 0.00435. The van der Waals surface area contributed by atoms with E-state index >= 15 is 0 Å². The summed E-state index contributed by atoms with van der Waals surface area (Å²) in [5, 5.41) is 4.96. The monoisotopic (exact) mass is 234 g/mol. The maximum Gasteiger partial charge on any atom is 0.253 e. The van der Waals surface area contributed by atoms with Crippen LogP contribution in [0.4, 0.5) is 0 Å². The Morgan fingerprint density at radius 3 is 3.00 bits per heavy atom. The van der Waals surface area contributed by atoms with Crippen LogP contribution in [0.1, 0.15) is 20.9 Å². The summed E-state index contributed by atoms with van der Waals surface area (Å²) in [5.41, 5.74) is 1.64. The number of carbonyl (C=O) groups is 1. The van der Waals surface area contributed by atoms with Crippen LogP contribution in [0.25, 0.3) is 0 Å². The fraction of sp³-hybridized carbons (Fsp3) is 0.250. The Bertz CT molecular complexity index is 459. The van der Waals surface area contributed by atoms with E-state index in [1.54, 1.807) is 23.6 Å². The van der Waals surface area contributed by atoms with Gasteiger partial charge in [0.05, 0.1) is 5.56 Å². The molecule has 0 radical (unpaired) electrons. The molecule has 4 heteroatoms. The number of H-pyrrole nitrogens is 1. The number of hydrogen-bond acceptors (Lipinski definition) is 2. The SMILES string of the molecule is Cc1[nH]ccc1C(=O)NCCc1cccs1. The number of aryl methyl sites for hydroxylation is 1. The molecule has 0 aromatic carbocycles. The molecule has 3 nitrogen and oxygen atoms in total. The van der Waals surface area contributed by atoms with Crippen molar-refractivity contribution in [3.63, 3.8) is 0 Å². The number of aromatic amines is 1. The van der Waals surface area contributed by atoms with Crippen molar-refractivity contribution < 1.29 is 4.79 Å². The smallest absolute Gasteiger partial charge is 0.253 e. The molecule has 0 atom stereocenters. The average molecular weight is 234 g/mol. The quantitative estimate of drug-likeness (QED) is 0.838. The summed E-state index contributed by atoms with van der Waals surface area (Å²) in [6, 6.07) is 5.91. The first-order valence-corrected chi connectivity index (χ1v) is 6.10. The molecule has 2 rings (SSSR count). The normalized spacial score (nSPS) is 10.3. The highest BCUT2D eigenvalue weighted by atomic mass is 32.1. The minimum atomic E-state index is -0.00435. The summed E-state index contributed by atoms with van der Waals surface area (Å²) in [4.78, 5) is 16.0. The largest absolute Gasteiger partial charge is 0.365 e. The first-order chi connectivity index (χ1) is 7.77. The van der Waals surface area contributed by atoms with E-state index in [4.69, 9.17) is 0 Å². The van der Waals surface area contributed by atoms with Crippen LogP contribution in [-0.4, -0.2) is 17.4 Å². The second-order valence-electron chi connectivity index (χ2n) is 3.60. The van der Waals surface area contributed by atoms with Gasteiger partial charge in [-0.25, -0.2) is 0 Å². The number of hydrogen-bond donors (Lipinski definition) is 2. The molecule has 0 aliphatic rings. The number of aromatic nitrogens is 1. The Balaban J connectivity index is 1.83. The molecule has 0 spiro atoms. The topological polar surface area (TPSA) is 44.9 Å². The minimum Gasteiger partial charge on any atom is -0.365 e. The molecule has 2 aromatic rings. The van der Waals surface area contributed by atoms with E-state index in [0.29, 0.717) is 6.54 Å². The fourth-order valence-corrected chi connectivity index (χ4v) is 2.26. The summed E-state index contributed by atoms with van der Waals surface area (Å²) in [5.74, 6) is -0.00435. The van der Waals surface area contributed by atoms with E-state index in [2.05, 4.69) is 16.4 Å². The van der Waals surface area contributed by atoms with E-state index < -0.39 is 0 Å². The van der Waals surface area contributed by atoms with Gasteiger partial charge in [-0.1, -0.05) is 6.07 Å². The van der Waals surface area contributed by atoms with Gasteiger partial charge in [0.2, 0.25) is 0 Å². The summed E-state index contributed by atoms with van der Waals surface area (Å²) in [7, 11) is 0. The van der Waals surface area contributed by atoms with Gasteiger partial charge in [0.25, 0.3) is 5.91 Å². The Morgan fingerprint density at radius 1 is 1.50 bits per heavy atom. The molecule has 0 saturated carbocycles. The molecule has 0 unspecified atom stereocenters. The van der Waals surface area contributed by atoms with Crippen LogP contribution in [0.3, 0.4) is 0 Å². The summed E-state index contributed by atoms with van der Waals surface area (Å²) < 4.78 is 0. The highest BCUT2D eigenvalue weighted by Crippen LogP contribution is 2.08. The molecule has 0 saturated heterocycles. The van der Waals surface area contributed by atoms with Crippen LogP contribution in [0.15, 0.2) is 29.8 Å². The molecule has 0 aliphatic carbocycles. The third-order valence-corrected chi connectivity index (χ3v) is 3.37. The molecule has 1 amide bonds. The molecule has 0 bridgehead atoms. The van der Waals surface area contributed by atoms with Gasteiger partial charge in [-0.2, -0.15) is 0 Å². The second kappa shape index (κ2) is 4.99. The highest BCUT2D eigenvalue weighted by Gasteiger charge is 2.08. The summed E-state index contributed by atoms with van der Waals surface area (Å²) in [6.45, 7) is 2.58. The molecule has 0 fully saturated rings. The van der Waals surface area contributed by atoms with Gasteiger partial charge < -0.3 is 10.3 Å². The maximum absolute atomic E-state index is 11.7. The first kappa shape index (κ1) is 11.0. The molecular weight excluding hydrogens is 220 g/mol. The Labute approximate surface area is 98.5 Å². The van der Waals surface area contributed by atoms with E-state index in [9.17, 15) is 4.79 Å². The van der Waals surface area contributed by atoms with Crippen LogP contribution >= 0.6 is 11.3 Å². The molecule has 16 heavy (non-hydrogen) atoms. The number of thiophene rings is 1. The standard InChI is InChI=1S/C12H14N2OS/c1-9-11(5-7-13-9)12(15)14-6-4-10-3-2-8-16-10/h2-3,5,7-8,13H,4,6H2,1H3,(H,14,15). The predicted octanol–water partition coefficient (Wildman–Crippen LogP) is 2.36. The molecule has 84 valence electrons. The third-order valence-electron chi connectivity index (χ3n) is 2.44. The van der Waals surface area contributed by atoms with Crippen LogP contribution < -0.4 is 5.32 Å². The molecule has 0 aliphatic heterocycles. The van der Waals surface area contributed by atoms with E-state index in [-0.39, 0.29) is 5.91 Å². The molecular formula is C12H14N2OS. The Kier molecular flexibility index (Phi) is 3.41. The molecule has 2 heterocycles. The van der Waals surface area contributed by atoms with Gasteiger partial charge >= 0.3 is 0 Å². The number of rotatable bonds is 4. The zero-order chi connectivity index (χ0) is 11.4.